The molecule has 0 unspecified atom stereocenters. The number of amides is 1. The number of nitrogens with zero attached hydrogens (tertiary/aromatic N) is 1. The zero-order valence-electron chi connectivity index (χ0n) is 14.4. The molecule has 0 aromatic heterocycles. The maximum atomic E-state index is 12.8. The number of carbonyl (C=O) groups excluding carboxylic acids is 1. The molecule has 2 rings (SSSR count). The predicted molar refractivity (Wildman–Crippen MR) is 95.8 cm³/mol. The number of halogens is 1. The molecule has 1 amide bonds. The molecule has 24 heavy (non-hydrogen) atoms. The number of carbonyl (C=O) groups is 1. The highest BCUT2D eigenvalue weighted by molar-refractivity contribution is 7.89. The van der Waals surface area contributed by atoms with E-state index in [-0.39, 0.29) is 27.4 Å². The largest absolute Gasteiger partial charge is 0.338 e. The SMILES string of the molecule is CCCN(CC1CC1)C(=O)c1cc(S(=O)(=O)NC(C)C)ccc1Cl. The van der Waals surface area contributed by atoms with Crippen LogP contribution in [-0.2, 0) is 10.0 Å². The standard InChI is InChI=1S/C17H25ClN2O3S/c1-4-9-20(11-13-5-6-13)17(21)15-10-14(7-8-16(15)18)24(22,23)19-12(2)3/h7-8,10,12-13,19H,4-6,9,11H2,1-3H3. The third kappa shape index (κ3) is 4.94. The third-order valence-electron chi connectivity index (χ3n) is 3.83. The molecule has 1 saturated carbocycles. The molecule has 0 bridgehead atoms. The van der Waals surface area contributed by atoms with Gasteiger partial charge >= 0.3 is 0 Å². The fourth-order valence-corrected chi connectivity index (χ4v) is 4.02. The molecule has 0 atom stereocenters. The van der Waals surface area contributed by atoms with E-state index in [1.54, 1.807) is 18.7 Å². The summed E-state index contributed by atoms with van der Waals surface area (Å²) in [6.07, 6.45) is 3.14. The number of sulfonamides is 1. The smallest absolute Gasteiger partial charge is 0.255 e. The lowest BCUT2D eigenvalue weighted by molar-refractivity contribution is 0.0747. The second-order valence-electron chi connectivity index (χ2n) is 6.61. The number of nitrogens with one attached hydrogen (secondary N) is 1. The van der Waals surface area contributed by atoms with E-state index in [2.05, 4.69) is 4.72 Å². The lowest BCUT2D eigenvalue weighted by Crippen LogP contribution is -2.34. The van der Waals surface area contributed by atoms with Gasteiger partial charge in [0.25, 0.3) is 5.91 Å². The van der Waals surface area contributed by atoms with Crippen molar-refractivity contribution in [3.63, 3.8) is 0 Å². The van der Waals surface area contributed by atoms with Crippen LogP contribution in [0.4, 0.5) is 0 Å². The summed E-state index contributed by atoms with van der Waals surface area (Å²) in [6.45, 7) is 6.87. The Hall–Kier alpha value is -1.11. The van der Waals surface area contributed by atoms with E-state index in [1.807, 2.05) is 6.92 Å². The van der Waals surface area contributed by atoms with Crippen molar-refractivity contribution < 1.29 is 13.2 Å². The van der Waals surface area contributed by atoms with Crippen LogP contribution in [0.25, 0.3) is 0 Å². The van der Waals surface area contributed by atoms with Crippen LogP contribution in [0.3, 0.4) is 0 Å². The molecule has 0 saturated heterocycles. The quantitative estimate of drug-likeness (QED) is 0.761. The minimum absolute atomic E-state index is 0.0619. The van der Waals surface area contributed by atoms with Gasteiger partial charge in [-0.3, -0.25) is 4.79 Å². The summed E-state index contributed by atoms with van der Waals surface area (Å²) in [7, 11) is -3.66. The molecule has 7 heteroatoms. The van der Waals surface area contributed by atoms with Gasteiger partial charge in [-0.25, -0.2) is 13.1 Å². The first kappa shape index (κ1) is 19.2. The summed E-state index contributed by atoms with van der Waals surface area (Å²) >= 11 is 6.18. The Morgan fingerprint density at radius 1 is 1.38 bits per heavy atom. The van der Waals surface area contributed by atoms with E-state index in [0.29, 0.717) is 19.0 Å². The molecule has 1 aromatic carbocycles. The van der Waals surface area contributed by atoms with E-state index in [1.165, 1.54) is 18.2 Å². The van der Waals surface area contributed by atoms with Gasteiger partial charge in [0.1, 0.15) is 0 Å². The van der Waals surface area contributed by atoms with Crippen LogP contribution < -0.4 is 4.72 Å². The second-order valence-corrected chi connectivity index (χ2v) is 8.73. The number of hydrogen-bond donors (Lipinski definition) is 1. The minimum Gasteiger partial charge on any atom is -0.338 e. The normalized spacial score (nSPS) is 14.9. The van der Waals surface area contributed by atoms with Crippen molar-refractivity contribution >= 4 is 27.5 Å². The molecule has 0 aliphatic heterocycles. The zero-order valence-corrected chi connectivity index (χ0v) is 16.0. The zero-order chi connectivity index (χ0) is 17.9. The molecule has 1 aliphatic carbocycles. The van der Waals surface area contributed by atoms with E-state index in [9.17, 15) is 13.2 Å². The van der Waals surface area contributed by atoms with Gasteiger partial charge in [0, 0.05) is 19.1 Å². The van der Waals surface area contributed by atoms with Crippen LogP contribution in [0.5, 0.6) is 0 Å². The monoisotopic (exact) mass is 372 g/mol. The molecule has 134 valence electrons. The minimum atomic E-state index is -3.66. The molecule has 0 heterocycles. The second kappa shape index (κ2) is 7.85. The Balaban J connectivity index is 2.31. The lowest BCUT2D eigenvalue weighted by atomic mass is 10.2. The van der Waals surface area contributed by atoms with Crippen LogP contribution in [0.1, 0.15) is 50.4 Å². The summed E-state index contributed by atoms with van der Waals surface area (Å²) in [5, 5.41) is 0.278. The molecule has 1 aliphatic rings. The Labute approximate surface area is 149 Å². The van der Waals surface area contributed by atoms with Crippen molar-refractivity contribution in [3.05, 3.63) is 28.8 Å². The van der Waals surface area contributed by atoms with E-state index in [4.69, 9.17) is 11.6 Å². The van der Waals surface area contributed by atoms with Crippen molar-refractivity contribution in [1.82, 2.24) is 9.62 Å². The highest BCUT2D eigenvalue weighted by Gasteiger charge is 2.28. The lowest BCUT2D eigenvalue weighted by Gasteiger charge is -2.23. The van der Waals surface area contributed by atoms with Crippen molar-refractivity contribution in [3.8, 4) is 0 Å². The average molecular weight is 373 g/mol. The van der Waals surface area contributed by atoms with E-state index >= 15 is 0 Å². The van der Waals surface area contributed by atoms with Gasteiger partial charge in [-0.15, -0.1) is 0 Å². The summed E-state index contributed by atoms with van der Waals surface area (Å²) < 4.78 is 27.2. The van der Waals surface area contributed by atoms with Crippen molar-refractivity contribution in [2.75, 3.05) is 13.1 Å². The molecule has 1 aromatic rings. The molecule has 1 N–H and O–H groups in total. The fourth-order valence-electron chi connectivity index (χ4n) is 2.54. The Morgan fingerprint density at radius 2 is 2.04 bits per heavy atom. The first-order valence-corrected chi connectivity index (χ1v) is 10.2. The van der Waals surface area contributed by atoms with Gasteiger partial charge in [0.15, 0.2) is 0 Å². The van der Waals surface area contributed by atoms with Crippen LogP contribution in [-0.4, -0.2) is 38.4 Å². The third-order valence-corrected chi connectivity index (χ3v) is 5.81. The van der Waals surface area contributed by atoms with E-state index < -0.39 is 10.0 Å². The van der Waals surface area contributed by atoms with Crippen molar-refractivity contribution in [1.29, 1.82) is 0 Å². The van der Waals surface area contributed by atoms with Gasteiger partial charge < -0.3 is 4.90 Å². The first-order chi connectivity index (χ1) is 11.2. The summed E-state index contributed by atoms with van der Waals surface area (Å²) in [6, 6.07) is 4.06. The summed E-state index contributed by atoms with van der Waals surface area (Å²) in [5.74, 6) is 0.365. The maximum absolute atomic E-state index is 12.8. The van der Waals surface area contributed by atoms with Gasteiger partial charge in [0.05, 0.1) is 15.5 Å². The van der Waals surface area contributed by atoms with Gasteiger partial charge in [-0.05, 0) is 57.2 Å². The Kier molecular flexibility index (Phi) is 6.28. The molecular weight excluding hydrogens is 348 g/mol. The van der Waals surface area contributed by atoms with Crippen LogP contribution in [0.2, 0.25) is 5.02 Å². The fraction of sp³-hybridized carbons (Fsp3) is 0.588. The number of benzene rings is 1. The Bertz CT molecular complexity index is 700. The van der Waals surface area contributed by atoms with Gasteiger partial charge in [-0.1, -0.05) is 18.5 Å². The average Bonchev–Trinajstić information content (AvgIpc) is 3.29. The number of rotatable bonds is 8. The van der Waals surface area contributed by atoms with E-state index in [0.717, 1.165) is 19.3 Å². The molecule has 5 nitrogen and oxygen atoms in total. The molecule has 0 spiro atoms. The van der Waals surface area contributed by atoms with Crippen LogP contribution in [0.15, 0.2) is 23.1 Å². The molecular formula is C17H25ClN2O3S. The van der Waals surface area contributed by atoms with Crippen molar-refractivity contribution in [2.45, 2.75) is 51.0 Å². The first-order valence-electron chi connectivity index (χ1n) is 8.35. The number of hydrogen-bond acceptors (Lipinski definition) is 3. The topological polar surface area (TPSA) is 66.5 Å². The highest BCUT2D eigenvalue weighted by atomic mass is 35.5. The Morgan fingerprint density at radius 3 is 2.58 bits per heavy atom. The van der Waals surface area contributed by atoms with Gasteiger partial charge in [0.2, 0.25) is 10.0 Å². The summed E-state index contributed by atoms with van der Waals surface area (Å²) in [4.78, 5) is 14.7. The van der Waals surface area contributed by atoms with Crippen LogP contribution >= 0.6 is 11.6 Å². The van der Waals surface area contributed by atoms with Crippen LogP contribution in [0, 0.1) is 5.92 Å². The maximum Gasteiger partial charge on any atom is 0.255 e. The van der Waals surface area contributed by atoms with Gasteiger partial charge in [-0.2, -0.15) is 0 Å². The summed E-state index contributed by atoms with van der Waals surface area (Å²) in [5.41, 5.74) is 0.248. The predicted octanol–water partition coefficient (Wildman–Crippen LogP) is 3.29. The highest BCUT2D eigenvalue weighted by Crippen LogP contribution is 2.31. The molecule has 0 radical (unpaired) electrons. The molecule has 1 fully saturated rings. The van der Waals surface area contributed by atoms with Crippen molar-refractivity contribution in [2.24, 2.45) is 5.92 Å².